The van der Waals surface area contributed by atoms with Crippen molar-refractivity contribution in [2.45, 2.75) is 32.2 Å². The van der Waals surface area contributed by atoms with E-state index in [-0.39, 0.29) is 0 Å². The third-order valence-electron chi connectivity index (χ3n) is 3.45. The molecule has 1 fully saturated rings. The third kappa shape index (κ3) is 5.20. The highest BCUT2D eigenvalue weighted by Gasteiger charge is 2.23. The number of rotatable bonds is 8. The maximum atomic E-state index is 9.80. The van der Waals surface area contributed by atoms with E-state index in [2.05, 4.69) is 12.2 Å². The van der Waals surface area contributed by atoms with Gasteiger partial charge in [0.05, 0.1) is 25.4 Å². The maximum absolute atomic E-state index is 9.80. The smallest absolute Gasteiger partial charge is 0.0897 e. The van der Waals surface area contributed by atoms with Gasteiger partial charge in [-0.2, -0.15) is 0 Å². The minimum Gasteiger partial charge on any atom is -0.389 e. The summed E-state index contributed by atoms with van der Waals surface area (Å²) in [6, 6.07) is 4.04. The largest absolute Gasteiger partial charge is 0.389 e. The molecule has 0 amide bonds. The van der Waals surface area contributed by atoms with Crippen LogP contribution in [0.3, 0.4) is 0 Å². The Morgan fingerprint density at radius 2 is 2.53 bits per heavy atom. The Labute approximate surface area is 118 Å². The lowest BCUT2D eigenvalue weighted by Gasteiger charge is -2.17. The van der Waals surface area contributed by atoms with E-state index in [1.807, 2.05) is 17.5 Å². The van der Waals surface area contributed by atoms with Crippen molar-refractivity contribution in [2.75, 3.05) is 26.3 Å². The van der Waals surface area contributed by atoms with Crippen LogP contribution >= 0.6 is 11.3 Å². The molecule has 1 aliphatic heterocycles. The Morgan fingerprint density at radius 3 is 3.21 bits per heavy atom. The summed E-state index contributed by atoms with van der Waals surface area (Å²) in [7, 11) is 0. The van der Waals surface area contributed by atoms with E-state index in [4.69, 9.17) is 9.47 Å². The van der Waals surface area contributed by atoms with Gasteiger partial charge >= 0.3 is 0 Å². The number of hydrogen-bond acceptors (Lipinski definition) is 5. The van der Waals surface area contributed by atoms with Crippen molar-refractivity contribution in [2.24, 2.45) is 5.92 Å². The second kappa shape index (κ2) is 7.97. The summed E-state index contributed by atoms with van der Waals surface area (Å²) in [5.41, 5.74) is 0. The summed E-state index contributed by atoms with van der Waals surface area (Å²) in [4.78, 5) is 1.19. The molecule has 3 unspecified atom stereocenters. The second-order valence-corrected chi connectivity index (χ2v) is 6.06. The van der Waals surface area contributed by atoms with Crippen LogP contribution in [0.25, 0.3) is 0 Å². The van der Waals surface area contributed by atoms with Gasteiger partial charge in [-0.1, -0.05) is 6.07 Å². The lowest BCUT2D eigenvalue weighted by Crippen LogP contribution is -2.35. The van der Waals surface area contributed by atoms with Crippen LogP contribution in [0.1, 0.15) is 18.2 Å². The quantitative estimate of drug-likeness (QED) is 0.762. The van der Waals surface area contributed by atoms with Gasteiger partial charge in [0.15, 0.2) is 0 Å². The molecular weight excluding hydrogens is 262 g/mol. The Hall–Kier alpha value is -0.460. The predicted molar refractivity (Wildman–Crippen MR) is 76.4 cm³/mol. The fourth-order valence-electron chi connectivity index (χ4n) is 2.23. The molecule has 1 aromatic rings. The van der Waals surface area contributed by atoms with Crippen LogP contribution in [0.2, 0.25) is 0 Å². The lowest BCUT2D eigenvalue weighted by atomic mass is 10.0. The van der Waals surface area contributed by atoms with Crippen LogP contribution in [0.4, 0.5) is 0 Å². The van der Waals surface area contributed by atoms with Crippen molar-refractivity contribution >= 4 is 11.3 Å². The van der Waals surface area contributed by atoms with Gasteiger partial charge in [-0.15, -0.1) is 11.3 Å². The number of ether oxygens (including phenoxy) is 2. The standard InChI is InChI=1S/C14H23NO3S/c1-11-12(4-5-18-11)7-15-8-13(16)9-17-10-14-3-2-6-19-14/h2-3,6,11-13,15-16H,4-5,7-10H2,1H3. The Kier molecular flexibility index (Phi) is 6.26. The minimum absolute atomic E-state index is 0.333. The minimum atomic E-state index is -0.447. The van der Waals surface area contributed by atoms with E-state index in [0.29, 0.717) is 31.8 Å². The van der Waals surface area contributed by atoms with E-state index in [1.165, 1.54) is 4.88 Å². The van der Waals surface area contributed by atoms with E-state index >= 15 is 0 Å². The van der Waals surface area contributed by atoms with Gasteiger partial charge in [0.2, 0.25) is 0 Å². The first-order valence-corrected chi connectivity index (χ1v) is 7.74. The molecule has 0 radical (unpaired) electrons. The normalized spacial score (nSPS) is 24.7. The van der Waals surface area contributed by atoms with Crippen LogP contribution < -0.4 is 5.32 Å². The van der Waals surface area contributed by atoms with Gasteiger partial charge < -0.3 is 19.9 Å². The number of nitrogens with one attached hydrogen (secondary N) is 1. The number of aliphatic hydroxyl groups excluding tert-OH is 1. The first kappa shape index (κ1) is 14.9. The summed E-state index contributed by atoms with van der Waals surface area (Å²) >= 11 is 1.67. The molecule has 19 heavy (non-hydrogen) atoms. The molecule has 0 aromatic carbocycles. The molecule has 108 valence electrons. The van der Waals surface area contributed by atoms with Gasteiger partial charge in [-0.3, -0.25) is 0 Å². The molecule has 1 aliphatic rings. The van der Waals surface area contributed by atoms with E-state index in [9.17, 15) is 5.11 Å². The highest BCUT2D eigenvalue weighted by Crippen LogP contribution is 2.19. The molecule has 2 heterocycles. The highest BCUT2D eigenvalue weighted by atomic mass is 32.1. The summed E-state index contributed by atoms with van der Waals surface area (Å²) < 4.78 is 11.0. The zero-order valence-electron chi connectivity index (χ0n) is 11.4. The topological polar surface area (TPSA) is 50.7 Å². The third-order valence-corrected chi connectivity index (χ3v) is 4.30. The van der Waals surface area contributed by atoms with E-state index in [0.717, 1.165) is 19.6 Å². The zero-order valence-corrected chi connectivity index (χ0v) is 12.2. The first-order valence-electron chi connectivity index (χ1n) is 6.86. The Morgan fingerprint density at radius 1 is 1.63 bits per heavy atom. The summed E-state index contributed by atoms with van der Waals surface area (Å²) in [6.07, 6.45) is 0.997. The van der Waals surface area contributed by atoms with Crippen LogP contribution in [0.15, 0.2) is 17.5 Å². The van der Waals surface area contributed by atoms with Gasteiger partial charge in [-0.05, 0) is 30.7 Å². The average Bonchev–Trinajstić information content (AvgIpc) is 3.02. The van der Waals surface area contributed by atoms with Crippen LogP contribution in [-0.2, 0) is 16.1 Å². The summed E-state index contributed by atoms with van der Waals surface area (Å²) in [5, 5.41) is 15.1. The van der Waals surface area contributed by atoms with Gasteiger partial charge in [0.1, 0.15) is 0 Å². The molecule has 2 N–H and O–H groups in total. The summed E-state index contributed by atoms with van der Waals surface area (Å²) in [6.45, 7) is 5.42. The molecule has 4 nitrogen and oxygen atoms in total. The van der Waals surface area contributed by atoms with Gasteiger partial charge in [0, 0.05) is 24.6 Å². The molecular formula is C14H23NO3S. The first-order chi connectivity index (χ1) is 9.25. The maximum Gasteiger partial charge on any atom is 0.0897 e. The van der Waals surface area contributed by atoms with Crippen molar-refractivity contribution < 1.29 is 14.6 Å². The predicted octanol–water partition coefficient (Wildman–Crippen LogP) is 1.64. The van der Waals surface area contributed by atoms with Crippen molar-refractivity contribution in [3.05, 3.63) is 22.4 Å². The molecule has 3 atom stereocenters. The number of hydrogen-bond donors (Lipinski definition) is 2. The average molecular weight is 285 g/mol. The van der Waals surface area contributed by atoms with Crippen molar-refractivity contribution in [1.82, 2.24) is 5.32 Å². The Bertz CT molecular complexity index is 344. The molecule has 0 bridgehead atoms. The van der Waals surface area contributed by atoms with Crippen LogP contribution in [-0.4, -0.2) is 43.6 Å². The second-order valence-electron chi connectivity index (χ2n) is 5.03. The zero-order chi connectivity index (χ0) is 13.5. The van der Waals surface area contributed by atoms with Crippen LogP contribution in [0.5, 0.6) is 0 Å². The Balaban J connectivity index is 1.51. The number of thiophene rings is 1. The number of aliphatic hydroxyl groups is 1. The highest BCUT2D eigenvalue weighted by molar-refractivity contribution is 7.09. The lowest BCUT2D eigenvalue weighted by molar-refractivity contribution is 0.0289. The van der Waals surface area contributed by atoms with E-state index < -0.39 is 6.10 Å². The molecule has 0 spiro atoms. The fourth-order valence-corrected chi connectivity index (χ4v) is 2.87. The SMILES string of the molecule is CC1OCCC1CNCC(O)COCc1cccs1. The van der Waals surface area contributed by atoms with Crippen molar-refractivity contribution in [3.8, 4) is 0 Å². The monoisotopic (exact) mass is 285 g/mol. The van der Waals surface area contributed by atoms with Crippen molar-refractivity contribution in [1.29, 1.82) is 0 Å². The molecule has 1 saturated heterocycles. The molecule has 1 aromatic heterocycles. The van der Waals surface area contributed by atoms with Crippen LogP contribution in [0, 0.1) is 5.92 Å². The molecule has 0 saturated carbocycles. The molecule has 5 heteroatoms. The molecule has 2 rings (SSSR count). The summed E-state index contributed by atoms with van der Waals surface area (Å²) in [5.74, 6) is 0.569. The fraction of sp³-hybridized carbons (Fsp3) is 0.714. The van der Waals surface area contributed by atoms with Gasteiger partial charge in [0.25, 0.3) is 0 Å². The molecule has 0 aliphatic carbocycles. The van der Waals surface area contributed by atoms with Gasteiger partial charge in [-0.25, -0.2) is 0 Å². The van der Waals surface area contributed by atoms with E-state index in [1.54, 1.807) is 11.3 Å². The van der Waals surface area contributed by atoms with Crippen molar-refractivity contribution in [3.63, 3.8) is 0 Å².